The number of carbonyl (C=O) groups is 1. The lowest BCUT2D eigenvalue weighted by atomic mass is 10.1. The van der Waals surface area contributed by atoms with Gasteiger partial charge in [0.05, 0.1) is 29.6 Å². The van der Waals surface area contributed by atoms with E-state index in [-0.39, 0.29) is 12.0 Å². The Morgan fingerprint density at radius 1 is 1.05 bits per heavy atom. The molecule has 0 aliphatic heterocycles. The van der Waals surface area contributed by atoms with Gasteiger partial charge in [-0.3, -0.25) is 4.79 Å². The van der Waals surface area contributed by atoms with Gasteiger partial charge in [0, 0.05) is 16.9 Å². The molecule has 1 heterocycles. The molecule has 1 amide bonds. The third kappa shape index (κ3) is 6.26. The molecule has 1 atom stereocenters. The summed E-state index contributed by atoms with van der Waals surface area (Å²) in [5.41, 5.74) is 8.08. The van der Waals surface area contributed by atoms with Crippen molar-refractivity contribution in [1.29, 1.82) is 0 Å². The fourth-order valence-corrected chi connectivity index (χ4v) is 4.30. The number of nitrogens with zero attached hydrogens (tertiary/aromatic N) is 2. The highest BCUT2D eigenvalue weighted by molar-refractivity contribution is 6.32. The molecule has 4 aromatic rings. The summed E-state index contributed by atoms with van der Waals surface area (Å²) in [5.74, 6) is 0.740. The van der Waals surface area contributed by atoms with Crippen LogP contribution in [0.25, 0.3) is 16.9 Å². The van der Waals surface area contributed by atoms with E-state index in [0.717, 1.165) is 29.1 Å². The molecular formula is C31H32ClN3O3. The summed E-state index contributed by atoms with van der Waals surface area (Å²) >= 11 is 6.47. The molecule has 3 aromatic carbocycles. The van der Waals surface area contributed by atoms with Crippen molar-refractivity contribution >= 4 is 23.7 Å². The van der Waals surface area contributed by atoms with Crippen LogP contribution in [0, 0.1) is 6.92 Å². The van der Waals surface area contributed by atoms with Gasteiger partial charge in [-0.05, 0) is 86.8 Å². The molecule has 6 nitrogen and oxygen atoms in total. The van der Waals surface area contributed by atoms with Gasteiger partial charge in [-0.25, -0.2) is 5.43 Å². The average Bonchev–Trinajstić information content (AvgIpc) is 3.32. The number of carbonyl (C=O) groups excluding carboxylic acids is 1. The molecule has 0 bridgehead atoms. The number of ether oxygens (including phenoxy) is 2. The maximum absolute atomic E-state index is 12.7. The number of hydrazone groups is 1. The summed E-state index contributed by atoms with van der Waals surface area (Å²) < 4.78 is 13.8. The van der Waals surface area contributed by atoms with E-state index >= 15 is 0 Å². The summed E-state index contributed by atoms with van der Waals surface area (Å²) in [7, 11) is 0. The van der Waals surface area contributed by atoms with Crippen molar-refractivity contribution in [2.24, 2.45) is 5.10 Å². The number of hydrogen-bond acceptors (Lipinski definition) is 4. The SMILES string of the molecule is CCOc1cc(/C=N/NC(=O)c2ccc(-n3c(C)ccc3-c3ccccc3)cc2)cc(Cl)c1O[C@H](C)CC. The van der Waals surface area contributed by atoms with E-state index in [4.69, 9.17) is 21.1 Å². The maximum atomic E-state index is 12.7. The van der Waals surface area contributed by atoms with Crippen LogP contribution in [-0.4, -0.2) is 29.4 Å². The van der Waals surface area contributed by atoms with Gasteiger partial charge in [-0.1, -0.05) is 48.9 Å². The highest BCUT2D eigenvalue weighted by atomic mass is 35.5. The van der Waals surface area contributed by atoms with Crippen molar-refractivity contribution in [2.45, 2.75) is 40.2 Å². The second-order valence-electron chi connectivity index (χ2n) is 8.91. The van der Waals surface area contributed by atoms with Gasteiger partial charge in [0.1, 0.15) is 0 Å². The van der Waals surface area contributed by atoms with Crippen LogP contribution in [0.3, 0.4) is 0 Å². The second kappa shape index (κ2) is 12.5. The number of amides is 1. The first-order chi connectivity index (χ1) is 18.4. The number of benzene rings is 3. The van der Waals surface area contributed by atoms with Crippen LogP contribution in [0.15, 0.2) is 84.0 Å². The first kappa shape index (κ1) is 27.0. The first-order valence-corrected chi connectivity index (χ1v) is 13.1. The molecule has 0 unspecified atom stereocenters. The largest absolute Gasteiger partial charge is 0.490 e. The molecule has 7 heteroatoms. The molecule has 0 radical (unpaired) electrons. The lowest BCUT2D eigenvalue weighted by Crippen LogP contribution is -2.17. The summed E-state index contributed by atoms with van der Waals surface area (Å²) in [6.07, 6.45) is 2.38. The zero-order valence-electron chi connectivity index (χ0n) is 22.1. The molecule has 1 N–H and O–H groups in total. The highest BCUT2D eigenvalue weighted by Gasteiger charge is 2.15. The fraction of sp³-hybridized carbons (Fsp3) is 0.226. The minimum Gasteiger partial charge on any atom is -0.490 e. The van der Waals surface area contributed by atoms with Gasteiger partial charge in [0.25, 0.3) is 5.91 Å². The van der Waals surface area contributed by atoms with E-state index in [1.807, 2.05) is 51.1 Å². The van der Waals surface area contributed by atoms with Crippen molar-refractivity contribution < 1.29 is 14.3 Å². The Morgan fingerprint density at radius 2 is 1.79 bits per heavy atom. The molecule has 0 fully saturated rings. The Labute approximate surface area is 228 Å². The Morgan fingerprint density at radius 3 is 2.47 bits per heavy atom. The van der Waals surface area contributed by atoms with E-state index in [1.54, 1.807) is 24.3 Å². The van der Waals surface area contributed by atoms with Crippen LogP contribution >= 0.6 is 11.6 Å². The maximum Gasteiger partial charge on any atom is 0.271 e. The van der Waals surface area contributed by atoms with Crippen LogP contribution in [0.1, 0.15) is 48.8 Å². The predicted molar refractivity (Wildman–Crippen MR) is 154 cm³/mol. The number of aromatic nitrogens is 1. The average molecular weight is 530 g/mol. The van der Waals surface area contributed by atoms with E-state index in [0.29, 0.717) is 34.3 Å². The van der Waals surface area contributed by atoms with Gasteiger partial charge >= 0.3 is 0 Å². The van der Waals surface area contributed by atoms with Gasteiger partial charge in [0.2, 0.25) is 0 Å². The van der Waals surface area contributed by atoms with E-state index in [2.05, 4.69) is 46.3 Å². The molecule has 0 aliphatic rings. The highest BCUT2D eigenvalue weighted by Crippen LogP contribution is 2.37. The summed E-state index contributed by atoms with van der Waals surface area (Å²) in [5, 5.41) is 4.55. The van der Waals surface area contributed by atoms with E-state index in [9.17, 15) is 4.79 Å². The normalized spacial score (nSPS) is 11.9. The summed E-state index contributed by atoms with van der Waals surface area (Å²) in [6, 6.07) is 25.4. The monoisotopic (exact) mass is 529 g/mol. The van der Waals surface area contributed by atoms with Crippen molar-refractivity contribution in [3.8, 4) is 28.4 Å². The van der Waals surface area contributed by atoms with Crippen molar-refractivity contribution in [1.82, 2.24) is 9.99 Å². The molecule has 0 spiro atoms. The number of rotatable bonds is 10. The Balaban J connectivity index is 1.47. The number of hydrogen-bond donors (Lipinski definition) is 1. The first-order valence-electron chi connectivity index (χ1n) is 12.7. The molecular weight excluding hydrogens is 498 g/mol. The fourth-order valence-electron chi connectivity index (χ4n) is 4.03. The minimum absolute atomic E-state index is 0.00301. The van der Waals surface area contributed by atoms with Gasteiger partial charge in [-0.15, -0.1) is 0 Å². The lowest BCUT2D eigenvalue weighted by molar-refractivity contribution is 0.0955. The van der Waals surface area contributed by atoms with Crippen molar-refractivity contribution in [3.63, 3.8) is 0 Å². The molecule has 0 aliphatic carbocycles. The minimum atomic E-state index is -0.312. The van der Waals surface area contributed by atoms with Crippen LogP contribution in [0.5, 0.6) is 11.5 Å². The van der Waals surface area contributed by atoms with Crippen LogP contribution < -0.4 is 14.9 Å². The quantitative estimate of drug-likeness (QED) is 0.171. The molecule has 1 aromatic heterocycles. The van der Waals surface area contributed by atoms with Crippen LogP contribution in [0.2, 0.25) is 5.02 Å². The smallest absolute Gasteiger partial charge is 0.271 e. The molecule has 0 saturated heterocycles. The Bertz CT molecular complexity index is 1410. The number of nitrogens with one attached hydrogen (secondary N) is 1. The molecule has 0 saturated carbocycles. The second-order valence-corrected chi connectivity index (χ2v) is 9.31. The topological polar surface area (TPSA) is 64.8 Å². The van der Waals surface area contributed by atoms with Gasteiger partial charge in [0.15, 0.2) is 11.5 Å². The molecule has 38 heavy (non-hydrogen) atoms. The molecule has 196 valence electrons. The van der Waals surface area contributed by atoms with E-state index in [1.165, 1.54) is 6.21 Å². The van der Waals surface area contributed by atoms with Gasteiger partial charge < -0.3 is 14.0 Å². The van der Waals surface area contributed by atoms with Gasteiger partial charge in [-0.2, -0.15) is 5.10 Å². The predicted octanol–water partition coefficient (Wildman–Crippen LogP) is 7.45. The number of halogens is 1. The third-order valence-electron chi connectivity index (χ3n) is 6.14. The van der Waals surface area contributed by atoms with Crippen LogP contribution in [0.4, 0.5) is 0 Å². The Hall–Kier alpha value is -4.03. The third-order valence-corrected chi connectivity index (χ3v) is 6.42. The standard InChI is InChI=1S/C31H32ClN3O3/c1-5-22(4)38-30-27(32)18-23(19-29(30)37-6-2)20-33-34-31(36)25-13-15-26(16-14-25)35-21(3)12-17-28(35)24-10-8-7-9-11-24/h7-20,22H,5-6H2,1-4H3,(H,34,36)/b33-20+/t22-/m1/s1. The lowest BCUT2D eigenvalue weighted by Gasteiger charge is -2.18. The van der Waals surface area contributed by atoms with Crippen molar-refractivity contribution in [2.75, 3.05) is 6.61 Å². The molecule has 4 rings (SSSR count). The van der Waals surface area contributed by atoms with E-state index < -0.39 is 0 Å². The van der Waals surface area contributed by atoms with Crippen LogP contribution in [-0.2, 0) is 0 Å². The zero-order valence-corrected chi connectivity index (χ0v) is 22.8. The Kier molecular flexibility index (Phi) is 8.87. The zero-order chi connectivity index (χ0) is 27.1. The van der Waals surface area contributed by atoms with Crippen molar-refractivity contribution in [3.05, 3.63) is 101 Å². The summed E-state index contributed by atoms with van der Waals surface area (Å²) in [4.78, 5) is 12.7. The number of aryl methyl sites for hydroxylation is 1. The summed E-state index contributed by atoms with van der Waals surface area (Å²) in [6.45, 7) is 8.45.